The van der Waals surface area contributed by atoms with Gasteiger partial charge in [0.15, 0.2) is 0 Å². The van der Waals surface area contributed by atoms with E-state index < -0.39 is 0 Å². The Morgan fingerprint density at radius 3 is 2.42 bits per heavy atom. The van der Waals surface area contributed by atoms with Crippen LogP contribution in [-0.2, 0) is 11.2 Å². The first-order valence-electron chi connectivity index (χ1n) is 10.3. The zero-order valence-corrected chi connectivity index (χ0v) is 18.6. The molecule has 4 rings (SSSR count). The van der Waals surface area contributed by atoms with Crippen LogP contribution in [0.2, 0.25) is 10.0 Å². The molecule has 1 aromatic heterocycles. The molecule has 2 aromatic carbocycles. The Kier molecular flexibility index (Phi) is 7.21. The average molecular weight is 452 g/mol. The zero-order chi connectivity index (χ0) is 21.6. The summed E-state index contributed by atoms with van der Waals surface area (Å²) in [5, 5.41) is 10.4. The van der Waals surface area contributed by atoms with Crippen LogP contribution in [0.5, 0.6) is 0 Å². The molecule has 0 spiro atoms. The lowest BCUT2D eigenvalue weighted by atomic mass is 9.89. The van der Waals surface area contributed by atoms with Gasteiger partial charge < -0.3 is 4.74 Å². The van der Waals surface area contributed by atoms with Crippen molar-refractivity contribution in [3.05, 3.63) is 87.5 Å². The Bertz CT molecular complexity index is 1050. The number of morpholine rings is 1. The van der Waals surface area contributed by atoms with Gasteiger partial charge in [-0.15, -0.1) is 0 Å². The molecule has 1 saturated heterocycles. The summed E-state index contributed by atoms with van der Waals surface area (Å²) in [6, 6.07) is 19.7. The third-order valence-electron chi connectivity index (χ3n) is 5.59. The van der Waals surface area contributed by atoms with Crippen molar-refractivity contribution in [1.29, 1.82) is 5.26 Å². The molecular weight excluding hydrogens is 429 g/mol. The fourth-order valence-electron chi connectivity index (χ4n) is 4.03. The van der Waals surface area contributed by atoms with Gasteiger partial charge >= 0.3 is 0 Å². The fraction of sp³-hybridized carbons (Fsp3) is 0.280. The number of halogens is 2. The van der Waals surface area contributed by atoms with Gasteiger partial charge in [0.05, 0.1) is 30.5 Å². The maximum Gasteiger partial charge on any atom is 0.0991 e. The lowest BCUT2D eigenvalue weighted by Crippen LogP contribution is -2.39. The second kappa shape index (κ2) is 10.3. The van der Waals surface area contributed by atoms with Crippen molar-refractivity contribution in [2.45, 2.75) is 12.3 Å². The molecule has 0 amide bonds. The largest absolute Gasteiger partial charge is 0.379 e. The zero-order valence-electron chi connectivity index (χ0n) is 17.1. The second-order valence-electron chi connectivity index (χ2n) is 7.72. The number of benzene rings is 2. The molecule has 1 fully saturated rings. The molecule has 0 aliphatic carbocycles. The van der Waals surface area contributed by atoms with E-state index >= 15 is 0 Å². The van der Waals surface area contributed by atoms with Crippen LogP contribution in [0.1, 0.15) is 22.6 Å². The number of hydrogen-bond donors (Lipinski definition) is 0. The SMILES string of the molecule is N#Cc1ccc(C(Cc2cccnc2-c2cc(Cl)cc(Cl)c2)CN2CCOCC2)cc1. The second-order valence-corrected chi connectivity index (χ2v) is 8.59. The van der Waals surface area contributed by atoms with Gasteiger partial charge in [0.25, 0.3) is 0 Å². The highest BCUT2D eigenvalue weighted by Crippen LogP contribution is 2.31. The Labute approximate surface area is 193 Å². The monoisotopic (exact) mass is 451 g/mol. The highest BCUT2D eigenvalue weighted by atomic mass is 35.5. The minimum atomic E-state index is 0.253. The summed E-state index contributed by atoms with van der Waals surface area (Å²) in [4.78, 5) is 7.10. The molecule has 0 bridgehead atoms. The van der Waals surface area contributed by atoms with Crippen molar-refractivity contribution < 1.29 is 4.74 Å². The standard InChI is InChI=1S/C25H23Cl2N3O/c26-23-13-21(14-24(27)15-23)25-20(2-1-7-29-25)12-22(17-30-8-10-31-11-9-30)19-5-3-18(16-28)4-6-19/h1-7,13-15,22H,8-12,17H2. The number of nitriles is 1. The summed E-state index contributed by atoms with van der Waals surface area (Å²) in [5.74, 6) is 0.253. The number of pyridine rings is 1. The van der Waals surface area contributed by atoms with Gasteiger partial charge in [-0.1, -0.05) is 41.4 Å². The molecule has 1 unspecified atom stereocenters. The highest BCUT2D eigenvalue weighted by Gasteiger charge is 2.21. The van der Waals surface area contributed by atoms with Crippen molar-refractivity contribution >= 4 is 23.2 Å². The maximum atomic E-state index is 9.17. The van der Waals surface area contributed by atoms with Crippen LogP contribution in [0.3, 0.4) is 0 Å². The van der Waals surface area contributed by atoms with Crippen LogP contribution >= 0.6 is 23.2 Å². The van der Waals surface area contributed by atoms with Crippen molar-refractivity contribution in [3.8, 4) is 17.3 Å². The van der Waals surface area contributed by atoms with Gasteiger partial charge in [0, 0.05) is 47.4 Å². The van der Waals surface area contributed by atoms with Gasteiger partial charge in [0.1, 0.15) is 0 Å². The van der Waals surface area contributed by atoms with Crippen molar-refractivity contribution in [1.82, 2.24) is 9.88 Å². The third-order valence-corrected chi connectivity index (χ3v) is 6.02. The quantitative estimate of drug-likeness (QED) is 0.490. The van der Waals surface area contributed by atoms with E-state index in [2.05, 4.69) is 34.2 Å². The molecular formula is C25H23Cl2N3O. The van der Waals surface area contributed by atoms with E-state index in [1.807, 2.05) is 30.3 Å². The molecule has 1 aliphatic rings. The molecule has 158 valence electrons. The van der Waals surface area contributed by atoms with E-state index in [0.29, 0.717) is 15.6 Å². The van der Waals surface area contributed by atoms with Gasteiger partial charge in [-0.05, 0) is 53.9 Å². The van der Waals surface area contributed by atoms with E-state index in [9.17, 15) is 0 Å². The van der Waals surface area contributed by atoms with Gasteiger partial charge in [0.2, 0.25) is 0 Å². The molecule has 1 aliphatic heterocycles. The molecule has 31 heavy (non-hydrogen) atoms. The molecule has 0 N–H and O–H groups in total. The van der Waals surface area contributed by atoms with E-state index in [4.69, 9.17) is 33.2 Å². The Morgan fingerprint density at radius 2 is 1.74 bits per heavy atom. The lowest BCUT2D eigenvalue weighted by molar-refractivity contribution is 0.0350. The molecule has 1 atom stereocenters. The van der Waals surface area contributed by atoms with Crippen LogP contribution in [0, 0.1) is 11.3 Å². The summed E-state index contributed by atoms with van der Waals surface area (Å²) < 4.78 is 5.52. The number of rotatable bonds is 6. The Morgan fingerprint density at radius 1 is 1.03 bits per heavy atom. The van der Waals surface area contributed by atoms with Crippen LogP contribution in [-0.4, -0.2) is 42.7 Å². The van der Waals surface area contributed by atoms with Crippen molar-refractivity contribution in [3.63, 3.8) is 0 Å². The van der Waals surface area contributed by atoms with E-state index in [-0.39, 0.29) is 5.92 Å². The van der Waals surface area contributed by atoms with Crippen LogP contribution in [0.25, 0.3) is 11.3 Å². The summed E-state index contributed by atoms with van der Waals surface area (Å²) >= 11 is 12.5. The Hall–Kier alpha value is -2.42. The third kappa shape index (κ3) is 5.64. The van der Waals surface area contributed by atoms with Gasteiger partial charge in [-0.2, -0.15) is 5.26 Å². The minimum absolute atomic E-state index is 0.253. The van der Waals surface area contributed by atoms with E-state index in [0.717, 1.165) is 56.1 Å². The van der Waals surface area contributed by atoms with Crippen molar-refractivity contribution in [2.24, 2.45) is 0 Å². The first-order chi connectivity index (χ1) is 15.1. The summed E-state index contributed by atoms with van der Waals surface area (Å²) in [7, 11) is 0. The summed E-state index contributed by atoms with van der Waals surface area (Å²) in [6.07, 6.45) is 2.61. The first-order valence-corrected chi connectivity index (χ1v) is 11.1. The van der Waals surface area contributed by atoms with Crippen LogP contribution in [0.4, 0.5) is 0 Å². The van der Waals surface area contributed by atoms with E-state index in [1.165, 1.54) is 5.56 Å². The normalized spacial score (nSPS) is 15.4. The maximum absolute atomic E-state index is 9.17. The smallest absolute Gasteiger partial charge is 0.0991 e. The lowest BCUT2D eigenvalue weighted by Gasteiger charge is -2.31. The first kappa shape index (κ1) is 21.8. The number of hydrogen-bond acceptors (Lipinski definition) is 4. The van der Waals surface area contributed by atoms with Gasteiger partial charge in [-0.3, -0.25) is 9.88 Å². The highest BCUT2D eigenvalue weighted by molar-refractivity contribution is 6.35. The van der Waals surface area contributed by atoms with Crippen LogP contribution < -0.4 is 0 Å². The minimum Gasteiger partial charge on any atom is -0.379 e. The molecule has 0 radical (unpaired) electrons. The molecule has 6 heteroatoms. The molecule has 2 heterocycles. The summed E-state index contributed by atoms with van der Waals surface area (Å²) in [5.41, 5.74) is 4.84. The summed E-state index contributed by atoms with van der Waals surface area (Å²) in [6.45, 7) is 4.30. The Balaban J connectivity index is 1.67. The molecule has 0 saturated carbocycles. The predicted molar refractivity (Wildman–Crippen MR) is 125 cm³/mol. The molecule has 3 aromatic rings. The number of aromatic nitrogens is 1. The topological polar surface area (TPSA) is 49.2 Å². The average Bonchev–Trinajstić information content (AvgIpc) is 2.79. The number of nitrogens with zero attached hydrogens (tertiary/aromatic N) is 3. The van der Waals surface area contributed by atoms with Crippen molar-refractivity contribution in [2.75, 3.05) is 32.8 Å². The number of ether oxygens (including phenoxy) is 1. The fourth-order valence-corrected chi connectivity index (χ4v) is 4.56. The predicted octanol–water partition coefficient (Wildman–Crippen LogP) is 5.59. The van der Waals surface area contributed by atoms with Crippen LogP contribution in [0.15, 0.2) is 60.8 Å². The van der Waals surface area contributed by atoms with E-state index in [1.54, 1.807) is 12.3 Å². The molecule has 4 nitrogen and oxygen atoms in total. The van der Waals surface area contributed by atoms with Gasteiger partial charge in [-0.25, -0.2) is 0 Å².